The molecule has 24 heavy (non-hydrogen) atoms. The summed E-state index contributed by atoms with van der Waals surface area (Å²) in [5.74, 6) is 0. The summed E-state index contributed by atoms with van der Waals surface area (Å²) in [5.41, 5.74) is 5.20. The van der Waals surface area contributed by atoms with E-state index in [1.54, 1.807) is 0 Å². The fraction of sp³-hybridized carbons (Fsp3) is 0.0870. The largest absolute Gasteiger partial charge is 0.200 e. The number of aromatic nitrogens is 1. The fourth-order valence-corrected chi connectivity index (χ4v) is 3.14. The second-order valence-corrected chi connectivity index (χ2v) is 6.25. The van der Waals surface area contributed by atoms with Gasteiger partial charge in [-0.15, -0.1) is 0 Å². The zero-order valence-corrected chi connectivity index (χ0v) is 13.8. The maximum atomic E-state index is 2.27. The lowest BCUT2D eigenvalue weighted by atomic mass is 10.0. The van der Waals surface area contributed by atoms with Gasteiger partial charge in [0.05, 0.1) is 0 Å². The van der Waals surface area contributed by atoms with E-state index in [2.05, 4.69) is 103 Å². The number of pyridine rings is 1. The Balaban J connectivity index is 1.70. The van der Waals surface area contributed by atoms with Crippen molar-refractivity contribution < 1.29 is 4.57 Å². The van der Waals surface area contributed by atoms with Crippen LogP contribution < -0.4 is 4.57 Å². The Morgan fingerprint density at radius 2 is 1.50 bits per heavy atom. The Kier molecular flexibility index (Phi) is 3.84. The predicted molar refractivity (Wildman–Crippen MR) is 99.9 cm³/mol. The van der Waals surface area contributed by atoms with Crippen molar-refractivity contribution in [1.29, 1.82) is 0 Å². The molecule has 0 spiro atoms. The fourth-order valence-electron chi connectivity index (χ4n) is 3.14. The quantitative estimate of drug-likeness (QED) is 0.461. The second kappa shape index (κ2) is 6.29. The van der Waals surface area contributed by atoms with Crippen LogP contribution in [0.4, 0.5) is 0 Å². The summed E-state index contributed by atoms with van der Waals surface area (Å²) in [4.78, 5) is 0. The standard InChI is InChI=1S/C23H20N/c1-18-7-2-3-10-22(18)16-24-14-6-11-23(17-24)21-13-12-19-8-4-5-9-20(19)15-21/h2-15,17H,16H2,1H3/q+1. The van der Waals surface area contributed by atoms with Gasteiger partial charge in [-0.2, -0.15) is 0 Å². The zero-order valence-electron chi connectivity index (χ0n) is 13.8. The van der Waals surface area contributed by atoms with Crippen molar-refractivity contribution in [3.63, 3.8) is 0 Å². The van der Waals surface area contributed by atoms with Crippen LogP contribution in [-0.2, 0) is 6.54 Å². The van der Waals surface area contributed by atoms with Gasteiger partial charge in [-0.25, -0.2) is 4.57 Å². The molecule has 3 aromatic carbocycles. The molecule has 1 aromatic heterocycles. The lowest BCUT2D eigenvalue weighted by Gasteiger charge is -2.05. The maximum Gasteiger partial charge on any atom is 0.176 e. The molecule has 0 bridgehead atoms. The third kappa shape index (κ3) is 2.93. The summed E-state index contributed by atoms with van der Waals surface area (Å²) in [5, 5.41) is 2.56. The Morgan fingerprint density at radius 3 is 2.38 bits per heavy atom. The van der Waals surface area contributed by atoms with Gasteiger partial charge in [-0.3, -0.25) is 0 Å². The number of nitrogens with zero attached hydrogens (tertiary/aromatic N) is 1. The average Bonchev–Trinajstić information content (AvgIpc) is 2.63. The number of benzene rings is 3. The molecule has 0 saturated heterocycles. The van der Waals surface area contributed by atoms with Gasteiger partial charge in [-0.05, 0) is 41.0 Å². The highest BCUT2D eigenvalue weighted by Crippen LogP contribution is 2.23. The lowest BCUT2D eigenvalue weighted by Crippen LogP contribution is -2.33. The van der Waals surface area contributed by atoms with Gasteiger partial charge in [0.2, 0.25) is 0 Å². The molecule has 0 aliphatic rings. The van der Waals surface area contributed by atoms with E-state index < -0.39 is 0 Å². The molecule has 0 unspecified atom stereocenters. The Bertz CT molecular complexity index is 1000. The molecule has 4 rings (SSSR count). The number of fused-ring (bicyclic) bond motifs is 1. The van der Waals surface area contributed by atoms with E-state index in [-0.39, 0.29) is 0 Å². The lowest BCUT2D eigenvalue weighted by molar-refractivity contribution is -0.687. The Morgan fingerprint density at radius 1 is 0.708 bits per heavy atom. The van der Waals surface area contributed by atoms with Gasteiger partial charge in [-0.1, -0.05) is 60.7 Å². The molecule has 1 nitrogen and oxygen atoms in total. The van der Waals surface area contributed by atoms with Crippen molar-refractivity contribution in [2.45, 2.75) is 13.5 Å². The molecule has 1 heteroatoms. The highest BCUT2D eigenvalue weighted by molar-refractivity contribution is 5.87. The van der Waals surface area contributed by atoms with Crippen LogP contribution in [0.15, 0.2) is 91.3 Å². The third-order valence-corrected chi connectivity index (χ3v) is 4.56. The first-order valence-corrected chi connectivity index (χ1v) is 8.32. The van der Waals surface area contributed by atoms with Gasteiger partial charge < -0.3 is 0 Å². The molecule has 0 aliphatic heterocycles. The summed E-state index contributed by atoms with van der Waals surface area (Å²) in [7, 11) is 0. The topological polar surface area (TPSA) is 3.88 Å². The van der Waals surface area contributed by atoms with E-state index in [9.17, 15) is 0 Å². The minimum Gasteiger partial charge on any atom is -0.200 e. The van der Waals surface area contributed by atoms with E-state index in [1.165, 1.54) is 33.0 Å². The number of aryl methyl sites for hydroxylation is 1. The Hall–Kier alpha value is -2.93. The van der Waals surface area contributed by atoms with Crippen LogP contribution >= 0.6 is 0 Å². The molecule has 0 fully saturated rings. The van der Waals surface area contributed by atoms with Crippen molar-refractivity contribution in [1.82, 2.24) is 0 Å². The van der Waals surface area contributed by atoms with Gasteiger partial charge in [0.25, 0.3) is 0 Å². The third-order valence-electron chi connectivity index (χ3n) is 4.56. The highest BCUT2D eigenvalue weighted by Gasteiger charge is 2.08. The molecule has 0 radical (unpaired) electrons. The van der Waals surface area contributed by atoms with Crippen LogP contribution in [0, 0.1) is 6.92 Å². The van der Waals surface area contributed by atoms with Gasteiger partial charge in [0.15, 0.2) is 18.9 Å². The first-order chi connectivity index (χ1) is 11.8. The molecule has 0 N–H and O–H groups in total. The van der Waals surface area contributed by atoms with Crippen LogP contribution in [0.25, 0.3) is 21.9 Å². The molecular formula is C23H20N+. The van der Waals surface area contributed by atoms with Crippen molar-refractivity contribution in [2.75, 3.05) is 0 Å². The van der Waals surface area contributed by atoms with Gasteiger partial charge in [0.1, 0.15) is 0 Å². The minimum absolute atomic E-state index is 0.897. The first kappa shape index (κ1) is 14.6. The molecule has 4 aromatic rings. The van der Waals surface area contributed by atoms with Crippen molar-refractivity contribution >= 4 is 10.8 Å². The van der Waals surface area contributed by atoms with Crippen molar-refractivity contribution in [3.8, 4) is 11.1 Å². The monoisotopic (exact) mass is 310 g/mol. The smallest absolute Gasteiger partial charge is 0.176 e. The van der Waals surface area contributed by atoms with E-state index in [0.29, 0.717) is 0 Å². The van der Waals surface area contributed by atoms with Crippen molar-refractivity contribution in [3.05, 3.63) is 102 Å². The van der Waals surface area contributed by atoms with Crippen LogP contribution in [0.3, 0.4) is 0 Å². The summed E-state index contributed by atoms with van der Waals surface area (Å²) in [6.07, 6.45) is 4.37. The first-order valence-electron chi connectivity index (χ1n) is 8.32. The molecule has 0 aliphatic carbocycles. The molecule has 1 heterocycles. The van der Waals surface area contributed by atoms with E-state index >= 15 is 0 Å². The molecule has 116 valence electrons. The van der Waals surface area contributed by atoms with E-state index in [1.807, 2.05) is 0 Å². The van der Waals surface area contributed by atoms with Crippen LogP contribution in [0.2, 0.25) is 0 Å². The molecule has 0 amide bonds. The van der Waals surface area contributed by atoms with Crippen LogP contribution in [-0.4, -0.2) is 0 Å². The predicted octanol–water partition coefficient (Wildman–Crippen LogP) is 5.15. The summed E-state index contributed by atoms with van der Waals surface area (Å²) < 4.78 is 2.26. The maximum absolute atomic E-state index is 2.27. The summed E-state index contributed by atoms with van der Waals surface area (Å²) >= 11 is 0. The molecular weight excluding hydrogens is 290 g/mol. The minimum atomic E-state index is 0.897. The Labute approximate surface area is 142 Å². The zero-order chi connectivity index (χ0) is 16.4. The number of hydrogen-bond acceptors (Lipinski definition) is 0. The SMILES string of the molecule is Cc1ccccc1C[n+]1cccc(-c2ccc3ccccc3c2)c1. The molecule has 0 saturated carbocycles. The summed E-state index contributed by atoms with van der Waals surface area (Å²) in [6.45, 7) is 3.07. The van der Waals surface area contributed by atoms with Crippen molar-refractivity contribution in [2.24, 2.45) is 0 Å². The van der Waals surface area contributed by atoms with Crippen LogP contribution in [0.5, 0.6) is 0 Å². The van der Waals surface area contributed by atoms with Gasteiger partial charge in [0, 0.05) is 17.2 Å². The number of hydrogen-bond donors (Lipinski definition) is 0. The van der Waals surface area contributed by atoms with E-state index in [4.69, 9.17) is 0 Å². The average molecular weight is 310 g/mol. The summed E-state index contributed by atoms with van der Waals surface area (Å²) in [6, 6.07) is 28.0. The van der Waals surface area contributed by atoms with Gasteiger partial charge >= 0.3 is 0 Å². The molecule has 0 atom stereocenters. The van der Waals surface area contributed by atoms with Crippen LogP contribution in [0.1, 0.15) is 11.1 Å². The normalized spacial score (nSPS) is 10.9. The highest BCUT2D eigenvalue weighted by atomic mass is 14.9. The number of rotatable bonds is 3. The second-order valence-electron chi connectivity index (χ2n) is 6.25. The van der Waals surface area contributed by atoms with E-state index in [0.717, 1.165) is 6.54 Å².